The topological polar surface area (TPSA) is 53.7 Å². The van der Waals surface area contributed by atoms with Crippen molar-refractivity contribution in [3.63, 3.8) is 0 Å². The van der Waals surface area contributed by atoms with Crippen molar-refractivity contribution in [3.05, 3.63) is 24.2 Å². The Kier molecular flexibility index (Phi) is 6.48. The Morgan fingerprint density at radius 3 is 2.90 bits per heavy atom. The molecule has 0 aliphatic heterocycles. The molecule has 0 bridgehead atoms. The van der Waals surface area contributed by atoms with E-state index in [1.54, 1.807) is 18.1 Å². The molecule has 0 unspecified atom stereocenters. The number of hydrogen-bond acceptors (Lipinski definition) is 5. The van der Waals surface area contributed by atoms with Gasteiger partial charge in [0.05, 0.1) is 0 Å². The van der Waals surface area contributed by atoms with E-state index in [0.29, 0.717) is 0 Å². The molecule has 2 aromatic rings. The van der Waals surface area contributed by atoms with Gasteiger partial charge in [0, 0.05) is 19.3 Å². The summed E-state index contributed by atoms with van der Waals surface area (Å²) in [7, 11) is 0. The number of rotatable bonds is 9. The molecule has 0 fully saturated rings. The fourth-order valence-corrected chi connectivity index (χ4v) is 3.11. The van der Waals surface area contributed by atoms with Gasteiger partial charge in [0.15, 0.2) is 0 Å². The summed E-state index contributed by atoms with van der Waals surface area (Å²) in [5.41, 5.74) is 2.39. The zero-order valence-corrected chi connectivity index (χ0v) is 13.6. The zero-order valence-electron chi connectivity index (χ0n) is 12.8. The number of aliphatic hydroxyl groups is 1. The first-order valence-corrected chi connectivity index (χ1v) is 8.71. The Morgan fingerprint density at radius 2 is 2.19 bits per heavy atom. The van der Waals surface area contributed by atoms with E-state index in [4.69, 9.17) is 5.11 Å². The summed E-state index contributed by atoms with van der Waals surface area (Å²) in [4.78, 5) is 6.81. The molecule has 1 N–H and O–H groups in total. The van der Waals surface area contributed by atoms with Crippen LogP contribution in [0.2, 0.25) is 0 Å². The molecule has 0 amide bonds. The smallest absolute Gasteiger partial charge is 0.137 e. The standard InChI is InChI=1S/C15H24N4OS/c1-3-7-18(8-4-5-10-20)11-13-6-9-19-14(13)15(21-2)16-12-17-19/h6,9,12,20H,3-5,7-8,10-11H2,1-2H3. The molecule has 0 spiro atoms. The van der Waals surface area contributed by atoms with Crippen molar-refractivity contribution in [2.24, 2.45) is 0 Å². The molecule has 0 saturated heterocycles. The van der Waals surface area contributed by atoms with Crippen LogP contribution in [0.3, 0.4) is 0 Å². The van der Waals surface area contributed by atoms with Gasteiger partial charge in [-0.25, -0.2) is 9.50 Å². The van der Waals surface area contributed by atoms with Gasteiger partial charge in [0.25, 0.3) is 0 Å². The van der Waals surface area contributed by atoms with E-state index in [0.717, 1.165) is 49.4 Å². The van der Waals surface area contributed by atoms with Gasteiger partial charge in [-0.3, -0.25) is 4.90 Å². The lowest BCUT2D eigenvalue weighted by atomic mass is 10.2. The summed E-state index contributed by atoms with van der Waals surface area (Å²) in [6, 6.07) is 2.14. The molecule has 5 nitrogen and oxygen atoms in total. The van der Waals surface area contributed by atoms with Gasteiger partial charge >= 0.3 is 0 Å². The summed E-state index contributed by atoms with van der Waals surface area (Å²) in [6.07, 6.45) is 8.70. The SMILES string of the molecule is CCCN(CCCCO)Cc1ccn2ncnc(SC)c12. The lowest BCUT2D eigenvalue weighted by molar-refractivity contribution is 0.236. The number of thioether (sulfide) groups is 1. The van der Waals surface area contributed by atoms with E-state index < -0.39 is 0 Å². The maximum atomic E-state index is 8.93. The first kappa shape index (κ1) is 16.3. The molecule has 2 heterocycles. The molecule has 116 valence electrons. The number of aromatic nitrogens is 3. The van der Waals surface area contributed by atoms with Crippen molar-refractivity contribution in [3.8, 4) is 0 Å². The summed E-state index contributed by atoms with van der Waals surface area (Å²) < 4.78 is 1.91. The third-order valence-electron chi connectivity index (χ3n) is 3.51. The van der Waals surface area contributed by atoms with Crippen LogP contribution in [0.15, 0.2) is 23.6 Å². The molecule has 0 radical (unpaired) electrons. The van der Waals surface area contributed by atoms with Crippen molar-refractivity contribution >= 4 is 17.3 Å². The lowest BCUT2D eigenvalue weighted by Gasteiger charge is -2.21. The van der Waals surface area contributed by atoms with Crippen LogP contribution in [0.25, 0.3) is 5.52 Å². The van der Waals surface area contributed by atoms with Crippen LogP contribution in [-0.2, 0) is 6.54 Å². The number of aliphatic hydroxyl groups excluding tert-OH is 1. The van der Waals surface area contributed by atoms with E-state index in [1.165, 1.54) is 5.56 Å². The Labute approximate surface area is 130 Å². The van der Waals surface area contributed by atoms with Crippen molar-refractivity contribution in [1.29, 1.82) is 0 Å². The van der Waals surface area contributed by atoms with Gasteiger partial charge in [-0.2, -0.15) is 5.10 Å². The van der Waals surface area contributed by atoms with Crippen molar-refractivity contribution in [1.82, 2.24) is 19.5 Å². The average Bonchev–Trinajstić information content (AvgIpc) is 2.91. The van der Waals surface area contributed by atoms with Crippen LogP contribution < -0.4 is 0 Å². The van der Waals surface area contributed by atoms with Crippen LogP contribution in [0.4, 0.5) is 0 Å². The molecule has 0 aromatic carbocycles. The van der Waals surface area contributed by atoms with Crippen molar-refractivity contribution in [2.75, 3.05) is 26.0 Å². The maximum Gasteiger partial charge on any atom is 0.137 e. The summed E-state index contributed by atoms with van der Waals surface area (Å²) in [5, 5.41) is 14.2. The third kappa shape index (κ3) is 4.18. The Hall–Kier alpha value is -1.11. The molecule has 0 saturated carbocycles. The van der Waals surface area contributed by atoms with E-state index in [-0.39, 0.29) is 6.61 Å². The first-order chi connectivity index (χ1) is 10.3. The fourth-order valence-electron chi connectivity index (χ4n) is 2.54. The van der Waals surface area contributed by atoms with Crippen LogP contribution in [0.5, 0.6) is 0 Å². The Morgan fingerprint density at radius 1 is 1.33 bits per heavy atom. The second kappa shape index (κ2) is 8.36. The second-order valence-electron chi connectivity index (χ2n) is 5.11. The van der Waals surface area contributed by atoms with E-state index in [2.05, 4.69) is 28.0 Å². The molecule has 6 heteroatoms. The number of nitrogens with zero attached hydrogens (tertiary/aromatic N) is 4. The van der Waals surface area contributed by atoms with E-state index in [9.17, 15) is 0 Å². The highest BCUT2D eigenvalue weighted by Crippen LogP contribution is 2.23. The molecule has 0 atom stereocenters. The fraction of sp³-hybridized carbons (Fsp3) is 0.600. The molecule has 2 aromatic heterocycles. The largest absolute Gasteiger partial charge is 0.396 e. The first-order valence-electron chi connectivity index (χ1n) is 7.48. The van der Waals surface area contributed by atoms with Gasteiger partial charge < -0.3 is 5.11 Å². The molecule has 0 aliphatic carbocycles. The molecule has 0 aliphatic rings. The van der Waals surface area contributed by atoms with Crippen molar-refractivity contribution in [2.45, 2.75) is 37.8 Å². The monoisotopic (exact) mass is 308 g/mol. The Bertz CT molecular complexity index is 558. The van der Waals surface area contributed by atoms with Gasteiger partial charge in [-0.1, -0.05) is 6.92 Å². The summed E-state index contributed by atoms with van der Waals surface area (Å²) >= 11 is 1.66. The third-order valence-corrected chi connectivity index (χ3v) is 4.20. The van der Waals surface area contributed by atoms with Gasteiger partial charge in [0.1, 0.15) is 16.9 Å². The normalized spacial score (nSPS) is 11.6. The second-order valence-corrected chi connectivity index (χ2v) is 5.91. The van der Waals surface area contributed by atoms with Crippen LogP contribution >= 0.6 is 11.8 Å². The van der Waals surface area contributed by atoms with Crippen LogP contribution in [0, 0.1) is 0 Å². The summed E-state index contributed by atoms with van der Waals surface area (Å²) in [6.45, 7) is 5.49. The minimum absolute atomic E-state index is 0.277. The number of unbranched alkanes of at least 4 members (excludes halogenated alkanes) is 1. The molecule has 2 rings (SSSR count). The lowest BCUT2D eigenvalue weighted by Crippen LogP contribution is -2.25. The number of fused-ring (bicyclic) bond motifs is 1. The maximum absolute atomic E-state index is 8.93. The predicted octanol–water partition coefficient (Wildman–Crippen LogP) is 2.44. The minimum atomic E-state index is 0.277. The van der Waals surface area contributed by atoms with Gasteiger partial charge in [-0.05, 0) is 50.2 Å². The summed E-state index contributed by atoms with van der Waals surface area (Å²) in [5.74, 6) is 0. The van der Waals surface area contributed by atoms with Gasteiger partial charge in [0.2, 0.25) is 0 Å². The van der Waals surface area contributed by atoms with E-state index in [1.807, 2.05) is 17.0 Å². The van der Waals surface area contributed by atoms with Crippen LogP contribution in [0.1, 0.15) is 31.7 Å². The highest BCUT2D eigenvalue weighted by Gasteiger charge is 2.12. The molecule has 21 heavy (non-hydrogen) atoms. The highest BCUT2D eigenvalue weighted by atomic mass is 32.2. The highest BCUT2D eigenvalue weighted by molar-refractivity contribution is 7.98. The van der Waals surface area contributed by atoms with E-state index >= 15 is 0 Å². The van der Waals surface area contributed by atoms with Crippen molar-refractivity contribution < 1.29 is 5.11 Å². The molecular formula is C15H24N4OS. The minimum Gasteiger partial charge on any atom is -0.396 e. The predicted molar refractivity (Wildman–Crippen MR) is 86.7 cm³/mol. The zero-order chi connectivity index (χ0) is 15.1. The van der Waals surface area contributed by atoms with Gasteiger partial charge in [-0.15, -0.1) is 11.8 Å². The van der Waals surface area contributed by atoms with Crippen LogP contribution in [-0.4, -0.2) is 50.6 Å². The Balaban J connectivity index is 2.16. The molecular weight excluding hydrogens is 284 g/mol. The average molecular weight is 308 g/mol. The quantitative estimate of drug-likeness (QED) is 0.569. The number of hydrogen-bond donors (Lipinski definition) is 1.